The Balaban J connectivity index is 1.46. The van der Waals surface area contributed by atoms with Gasteiger partial charge in [-0.05, 0) is 25.5 Å². The molecule has 3 aliphatic rings. The first-order valence-corrected chi connectivity index (χ1v) is 10.9. The van der Waals surface area contributed by atoms with Crippen molar-refractivity contribution in [1.29, 1.82) is 0 Å². The highest BCUT2D eigenvalue weighted by molar-refractivity contribution is 8.01. The van der Waals surface area contributed by atoms with E-state index < -0.39 is 28.4 Å². The summed E-state index contributed by atoms with van der Waals surface area (Å²) in [6.07, 6.45) is -3.53. The summed E-state index contributed by atoms with van der Waals surface area (Å²) in [5.41, 5.74) is -1.59. The average molecular weight is 458 g/mol. The molecule has 0 spiro atoms. The maximum Gasteiger partial charge on any atom is 0.416 e. The van der Waals surface area contributed by atoms with Crippen LogP contribution in [-0.4, -0.2) is 69.4 Å². The molecule has 4 rings (SSSR count). The molecule has 0 radical (unpaired) electrons. The van der Waals surface area contributed by atoms with E-state index >= 15 is 0 Å². The first-order valence-electron chi connectivity index (χ1n) is 9.87. The van der Waals surface area contributed by atoms with E-state index in [0.29, 0.717) is 24.7 Å². The number of nitrogens with zero attached hydrogens (tertiary/aromatic N) is 4. The number of amides is 2. The third kappa shape index (κ3) is 3.81. The molecule has 3 heterocycles. The quantitative estimate of drug-likeness (QED) is 0.511. The van der Waals surface area contributed by atoms with E-state index in [-0.39, 0.29) is 48.6 Å². The van der Waals surface area contributed by atoms with Crippen molar-refractivity contribution in [1.82, 2.24) is 9.80 Å². The van der Waals surface area contributed by atoms with Crippen molar-refractivity contribution in [3.63, 3.8) is 0 Å². The van der Waals surface area contributed by atoms with Crippen LogP contribution in [0.3, 0.4) is 0 Å². The zero-order chi connectivity index (χ0) is 22.6. The van der Waals surface area contributed by atoms with Crippen LogP contribution < -0.4 is 4.90 Å². The van der Waals surface area contributed by atoms with Gasteiger partial charge in [0, 0.05) is 44.4 Å². The predicted octanol–water partition coefficient (Wildman–Crippen LogP) is 2.72. The van der Waals surface area contributed by atoms with Crippen molar-refractivity contribution in [3.05, 3.63) is 33.9 Å². The molecule has 3 saturated heterocycles. The molecule has 0 saturated carbocycles. The highest BCUT2D eigenvalue weighted by Gasteiger charge is 2.53. The predicted molar refractivity (Wildman–Crippen MR) is 108 cm³/mol. The molecule has 0 bridgehead atoms. The van der Waals surface area contributed by atoms with Crippen LogP contribution in [-0.2, 0) is 15.8 Å². The van der Waals surface area contributed by atoms with Crippen LogP contribution in [0.1, 0.15) is 25.3 Å². The SMILES string of the molecule is C[C@@]12CCC(=O)N1[C@H](C(=O)N1CCN(c3ccc(C(F)(F)F)cc3[N+](=O)[O-])CC1)CS2. The van der Waals surface area contributed by atoms with Gasteiger partial charge in [0.1, 0.15) is 11.7 Å². The van der Waals surface area contributed by atoms with Crippen molar-refractivity contribution in [2.45, 2.75) is 36.9 Å². The molecule has 0 N–H and O–H groups in total. The molecule has 1 aromatic rings. The number of thioether (sulfide) groups is 1. The fourth-order valence-electron chi connectivity index (χ4n) is 4.50. The summed E-state index contributed by atoms with van der Waals surface area (Å²) in [6.45, 7) is 3.03. The molecule has 2 atom stereocenters. The van der Waals surface area contributed by atoms with E-state index in [9.17, 15) is 32.9 Å². The lowest BCUT2D eigenvalue weighted by Crippen LogP contribution is -2.56. The Morgan fingerprint density at radius 3 is 2.55 bits per heavy atom. The second-order valence-electron chi connectivity index (χ2n) is 8.04. The number of fused-ring (bicyclic) bond motifs is 1. The number of piperazine rings is 1. The third-order valence-electron chi connectivity index (χ3n) is 6.16. The highest BCUT2D eigenvalue weighted by atomic mass is 32.2. The fraction of sp³-hybridized carbons (Fsp3) is 0.579. The van der Waals surface area contributed by atoms with E-state index in [4.69, 9.17) is 0 Å². The van der Waals surface area contributed by atoms with Gasteiger partial charge >= 0.3 is 6.18 Å². The van der Waals surface area contributed by atoms with E-state index in [1.807, 2.05) is 6.92 Å². The standard InChI is InChI=1S/C19H21F3N4O4S/c1-18-5-4-16(27)25(18)15(11-31-18)17(28)24-8-6-23(7-9-24)13-3-2-12(19(20,21)22)10-14(13)26(29)30/h2-3,10,15H,4-9,11H2,1H3/t15-,18+/m0/s1. The molecule has 8 nitrogen and oxygen atoms in total. The maximum atomic E-state index is 13.1. The summed E-state index contributed by atoms with van der Waals surface area (Å²) < 4.78 is 38.8. The summed E-state index contributed by atoms with van der Waals surface area (Å²) in [7, 11) is 0. The van der Waals surface area contributed by atoms with Crippen LogP contribution in [0, 0.1) is 10.1 Å². The Hall–Kier alpha value is -2.50. The Morgan fingerprint density at radius 2 is 1.94 bits per heavy atom. The highest BCUT2D eigenvalue weighted by Crippen LogP contribution is 2.47. The van der Waals surface area contributed by atoms with Gasteiger partial charge in [0.2, 0.25) is 11.8 Å². The molecule has 2 amide bonds. The van der Waals surface area contributed by atoms with Gasteiger partial charge in [0.15, 0.2) is 0 Å². The van der Waals surface area contributed by atoms with E-state index in [2.05, 4.69) is 0 Å². The Labute approximate surface area is 180 Å². The normalized spacial score (nSPS) is 26.4. The molecular weight excluding hydrogens is 437 g/mol. The number of hydrogen-bond acceptors (Lipinski definition) is 6. The Kier molecular flexibility index (Phi) is 5.31. The smallest absolute Gasteiger partial charge is 0.362 e. The number of rotatable bonds is 3. The van der Waals surface area contributed by atoms with E-state index in [1.165, 1.54) is 0 Å². The molecule has 3 aliphatic heterocycles. The summed E-state index contributed by atoms with van der Waals surface area (Å²) in [6, 6.07) is 1.97. The van der Waals surface area contributed by atoms with Crippen molar-refractivity contribution in [2.75, 3.05) is 36.8 Å². The molecule has 168 valence electrons. The molecule has 0 aliphatic carbocycles. The largest absolute Gasteiger partial charge is 0.416 e. The molecule has 0 aromatic heterocycles. The average Bonchev–Trinajstić information content (AvgIpc) is 3.22. The number of nitro groups is 1. The topological polar surface area (TPSA) is 87.0 Å². The number of benzene rings is 1. The minimum absolute atomic E-state index is 0.0233. The zero-order valence-electron chi connectivity index (χ0n) is 16.7. The van der Waals surface area contributed by atoms with E-state index in [0.717, 1.165) is 12.1 Å². The third-order valence-corrected chi connectivity index (χ3v) is 7.67. The van der Waals surface area contributed by atoms with Crippen molar-refractivity contribution < 1.29 is 27.7 Å². The van der Waals surface area contributed by atoms with Crippen LogP contribution in [0.25, 0.3) is 0 Å². The van der Waals surface area contributed by atoms with Gasteiger partial charge in [-0.15, -0.1) is 11.8 Å². The van der Waals surface area contributed by atoms with Crippen LogP contribution >= 0.6 is 11.8 Å². The van der Waals surface area contributed by atoms with Crippen LogP contribution in [0.15, 0.2) is 18.2 Å². The summed E-state index contributed by atoms with van der Waals surface area (Å²) in [5, 5.41) is 11.4. The molecule has 0 unspecified atom stereocenters. The fourth-order valence-corrected chi connectivity index (χ4v) is 5.92. The number of anilines is 1. The molecule has 1 aromatic carbocycles. The zero-order valence-corrected chi connectivity index (χ0v) is 17.5. The number of halogens is 3. The molecule has 3 fully saturated rings. The first kappa shape index (κ1) is 21.7. The summed E-state index contributed by atoms with van der Waals surface area (Å²) in [5.74, 6) is 0.365. The van der Waals surface area contributed by atoms with Gasteiger partial charge in [0.05, 0.1) is 15.4 Å². The minimum atomic E-state index is -4.67. The van der Waals surface area contributed by atoms with Gasteiger partial charge in [-0.3, -0.25) is 19.7 Å². The van der Waals surface area contributed by atoms with Gasteiger partial charge in [0.25, 0.3) is 5.69 Å². The first-order chi connectivity index (χ1) is 14.5. The molecular formula is C19H21F3N4O4S. The lowest BCUT2D eigenvalue weighted by Gasteiger charge is -2.38. The monoisotopic (exact) mass is 458 g/mol. The second-order valence-corrected chi connectivity index (χ2v) is 9.54. The lowest BCUT2D eigenvalue weighted by atomic mass is 10.1. The van der Waals surface area contributed by atoms with Gasteiger partial charge in [-0.1, -0.05) is 0 Å². The number of hydrogen-bond donors (Lipinski definition) is 0. The van der Waals surface area contributed by atoms with Crippen LogP contribution in [0.4, 0.5) is 24.5 Å². The number of nitro benzene ring substituents is 1. The Morgan fingerprint density at radius 1 is 1.26 bits per heavy atom. The number of alkyl halides is 3. The van der Waals surface area contributed by atoms with Gasteiger partial charge in [-0.2, -0.15) is 13.2 Å². The maximum absolute atomic E-state index is 13.1. The van der Waals surface area contributed by atoms with Crippen LogP contribution in [0.5, 0.6) is 0 Å². The summed E-state index contributed by atoms with van der Waals surface area (Å²) >= 11 is 1.61. The van der Waals surface area contributed by atoms with Crippen molar-refractivity contribution >= 4 is 35.0 Å². The van der Waals surface area contributed by atoms with Crippen molar-refractivity contribution in [2.24, 2.45) is 0 Å². The minimum Gasteiger partial charge on any atom is -0.362 e. The lowest BCUT2D eigenvalue weighted by molar-refractivity contribution is -0.384. The second kappa shape index (κ2) is 7.57. The van der Waals surface area contributed by atoms with Crippen molar-refractivity contribution in [3.8, 4) is 0 Å². The molecule has 31 heavy (non-hydrogen) atoms. The Bertz CT molecular complexity index is 935. The van der Waals surface area contributed by atoms with Crippen LogP contribution in [0.2, 0.25) is 0 Å². The summed E-state index contributed by atoms with van der Waals surface area (Å²) in [4.78, 5) is 40.5. The molecule has 12 heteroatoms. The van der Waals surface area contributed by atoms with Gasteiger partial charge in [-0.25, -0.2) is 0 Å². The van der Waals surface area contributed by atoms with Gasteiger partial charge < -0.3 is 14.7 Å². The number of carbonyl (C=O) groups is 2. The van der Waals surface area contributed by atoms with E-state index in [1.54, 1.807) is 26.5 Å². The number of carbonyl (C=O) groups excluding carboxylic acids is 2.